The van der Waals surface area contributed by atoms with Crippen LogP contribution in [0, 0.1) is 11.8 Å². The molecule has 3 aliphatic heterocycles. The molecule has 0 bridgehead atoms. The molecular weight excluding hydrogens is 288 g/mol. The summed E-state index contributed by atoms with van der Waals surface area (Å²) >= 11 is 6.14. The fourth-order valence-corrected chi connectivity index (χ4v) is 3.44. The number of carbonyl (C=O) groups excluding carboxylic acids is 1. The highest BCUT2D eigenvalue weighted by Crippen LogP contribution is 2.36. The summed E-state index contributed by atoms with van der Waals surface area (Å²) in [6.07, 6.45) is 0. The Kier molecular flexibility index (Phi) is 2.94. The number of carbonyl (C=O) groups is 1. The Morgan fingerprint density at radius 1 is 1.43 bits per heavy atom. The Balaban J connectivity index is 1.79. The highest BCUT2D eigenvalue weighted by atomic mass is 35.5. The van der Waals surface area contributed by atoms with Gasteiger partial charge in [0.25, 0.3) is 0 Å². The van der Waals surface area contributed by atoms with Crippen LogP contribution in [0.3, 0.4) is 0 Å². The van der Waals surface area contributed by atoms with E-state index in [1.165, 1.54) is 0 Å². The Hall–Kier alpha value is -1.59. The van der Waals surface area contributed by atoms with E-state index in [0.717, 1.165) is 36.6 Å². The number of hydrogen-bond donors (Lipinski definition) is 2. The number of rotatable bonds is 2. The van der Waals surface area contributed by atoms with E-state index in [9.17, 15) is 4.79 Å². The summed E-state index contributed by atoms with van der Waals surface area (Å²) in [6.45, 7) is 4.72. The number of hydrogen-bond acceptors (Lipinski definition) is 4. The van der Waals surface area contributed by atoms with Gasteiger partial charge in [-0.3, -0.25) is 4.79 Å². The zero-order chi connectivity index (χ0) is 14.6. The SMILES string of the molecule is CC1NN=C2c3cc(Cl)ccc3N(CC3CNC3)C(=O)C21. The number of amides is 1. The third kappa shape index (κ3) is 1.95. The maximum atomic E-state index is 12.9. The molecule has 0 radical (unpaired) electrons. The van der Waals surface area contributed by atoms with Crippen LogP contribution in [0.15, 0.2) is 23.3 Å². The molecule has 5 nitrogen and oxygen atoms in total. The average molecular weight is 305 g/mol. The predicted molar refractivity (Wildman–Crippen MR) is 82.8 cm³/mol. The summed E-state index contributed by atoms with van der Waals surface area (Å²) in [6, 6.07) is 5.72. The van der Waals surface area contributed by atoms with Gasteiger partial charge in [-0.25, -0.2) is 0 Å². The topological polar surface area (TPSA) is 56.7 Å². The number of nitrogens with zero attached hydrogens (tertiary/aromatic N) is 2. The van der Waals surface area contributed by atoms with Crippen molar-refractivity contribution in [3.8, 4) is 0 Å². The van der Waals surface area contributed by atoms with Gasteiger partial charge in [0.1, 0.15) is 5.92 Å². The predicted octanol–water partition coefficient (Wildman–Crippen LogP) is 1.22. The van der Waals surface area contributed by atoms with Gasteiger partial charge in [-0.15, -0.1) is 0 Å². The lowest BCUT2D eigenvalue weighted by Gasteiger charge is -2.38. The minimum absolute atomic E-state index is 0.0293. The van der Waals surface area contributed by atoms with E-state index in [1.807, 2.05) is 30.0 Å². The second-order valence-corrected chi connectivity index (χ2v) is 6.46. The molecular formula is C15H17ClN4O. The molecule has 3 heterocycles. The zero-order valence-corrected chi connectivity index (χ0v) is 12.5. The standard InChI is InChI=1S/C15H17ClN4O/c1-8-13-14(19-18-8)11-4-10(16)2-3-12(11)20(15(13)21)7-9-5-17-6-9/h2-4,8-9,13,17-18H,5-7H2,1H3. The van der Waals surface area contributed by atoms with Crippen LogP contribution in [-0.4, -0.2) is 37.3 Å². The number of nitrogens with one attached hydrogen (secondary N) is 2. The summed E-state index contributed by atoms with van der Waals surface area (Å²) in [5.41, 5.74) is 5.78. The fraction of sp³-hybridized carbons (Fsp3) is 0.467. The maximum absolute atomic E-state index is 12.9. The summed E-state index contributed by atoms with van der Waals surface area (Å²) < 4.78 is 0. The summed E-state index contributed by atoms with van der Waals surface area (Å²) in [4.78, 5) is 14.8. The minimum atomic E-state index is -0.205. The van der Waals surface area contributed by atoms with Crippen molar-refractivity contribution in [2.75, 3.05) is 24.5 Å². The molecule has 0 aliphatic carbocycles. The van der Waals surface area contributed by atoms with Crippen LogP contribution in [0.25, 0.3) is 0 Å². The lowest BCUT2D eigenvalue weighted by molar-refractivity contribution is -0.121. The first-order chi connectivity index (χ1) is 10.1. The van der Waals surface area contributed by atoms with Gasteiger partial charge < -0.3 is 15.6 Å². The van der Waals surface area contributed by atoms with Gasteiger partial charge in [0.15, 0.2) is 0 Å². The van der Waals surface area contributed by atoms with Crippen LogP contribution in [-0.2, 0) is 4.79 Å². The Morgan fingerprint density at radius 2 is 2.24 bits per heavy atom. The highest BCUT2D eigenvalue weighted by molar-refractivity contribution is 6.32. The molecule has 2 N–H and O–H groups in total. The number of fused-ring (bicyclic) bond motifs is 3. The van der Waals surface area contributed by atoms with Crippen LogP contribution in [0.2, 0.25) is 5.02 Å². The Labute approximate surface area is 128 Å². The van der Waals surface area contributed by atoms with Gasteiger partial charge in [-0.05, 0) is 25.1 Å². The van der Waals surface area contributed by atoms with Gasteiger partial charge >= 0.3 is 0 Å². The van der Waals surface area contributed by atoms with Crippen molar-refractivity contribution in [1.29, 1.82) is 0 Å². The molecule has 0 saturated carbocycles. The van der Waals surface area contributed by atoms with Crippen molar-refractivity contribution in [1.82, 2.24) is 10.7 Å². The molecule has 1 aromatic rings. The van der Waals surface area contributed by atoms with E-state index in [-0.39, 0.29) is 17.9 Å². The first-order valence-corrected chi connectivity index (χ1v) is 7.68. The third-order valence-electron chi connectivity index (χ3n) is 4.55. The smallest absolute Gasteiger partial charge is 0.238 e. The van der Waals surface area contributed by atoms with Crippen molar-refractivity contribution >= 4 is 28.9 Å². The van der Waals surface area contributed by atoms with Gasteiger partial charge in [0.2, 0.25) is 5.91 Å². The van der Waals surface area contributed by atoms with Crippen molar-refractivity contribution < 1.29 is 4.79 Å². The normalized spacial score (nSPS) is 27.6. The second-order valence-electron chi connectivity index (χ2n) is 6.03. The van der Waals surface area contributed by atoms with E-state index in [2.05, 4.69) is 15.8 Å². The Morgan fingerprint density at radius 3 is 2.95 bits per heavy atom. The van der Waals surface area contributed by atoms with Crippen LogP contribution in [0.5, 0.6) is 0 Å². The molecule has 6 heteroatoms. The largest absolute Gasteiger partial charge is 0.316 e. The van der Waals surface area contributed by atoms with Crippen LogP contribution in [0.4, 0.5) is 5.69 Å². The van der Waals surface area contributed by atoms with Gasteiger partial charge in [0, 0.05) is 36.1 Å². The van der Waals surface area contributed by atoms with Gasteiger partial charge in [-0.2, -0.15) is 5.10 Å². The zero-order valence-electron chi connectivity index (χ0n) is 11.8. The minimum Gasteiger partial charge on any atom is -0.316 e. The summed E-state index contributed by atoms with van der Waals surface area (Å²) in [5.74, 6) is 0.470. The van der Waals surface area contributed by atoms with E-state index >= 15 is 0 Å². The van der Waals surface area contributed by atoms with Crippen molar-refractivity contribution in [2.45, 2.75) is 13.0 Å². The lowest BCUT2D eigenvalue weighted by Crippen LogP contribution is -2.54. The van der Waals surface area contributed by atoms with Crippen LogP contribution < -0.4 is 15.6 Å². The molecule has 3 aliphatic rings. The van der Waals surface area contributed by atoms with Crippen molar-refractivity contribution in [3.63, 3.8) is 0 Å². The summed E-state index contributed by atoms with van der Waals surface area (Å²) in [7, 11) is 0. The monoisotopic (exact) mass is 304 g/mol. The first-order valence-electron chi connectivity index (χ1n) is 7.30. The maximum Gasteiger partial charge on any atom is 0.238 e. The molecule has 1 aromatic carbocycles. The molecule has 2 atom stereocenters. The molecule has 0 aromatic heterocycles. The molecule has 1 fully saturated rings. The molecule has 110 valence electrons. The third-order valence-corrected chi connectivity index (χ3v) is 4.78. The van der Waals surface area contributed by atoms with Gasteiger partial charge in [-0.1, -0.05) is 11.6 Å². The van der Waals surface area contributed by atoms with E-state index in [1.54, 1.807) is 0 Å². The number of hydrazone groups is 1. The van der Waals surface area contributed by atoms with E-state index in [4.69, 9.17) is 11.6 Å². The van der Waals surface area contributed by atoms with Crippen LogP contribution in [0.1, 0.15) is 12.5 Å². The Bertz CT molecular complexity index is 641. The van der Waals surface area contributed by atoms with Crippen molar-refractivity contribution in [3.05, 3.63) is 28.8 Å². The molecule has 2 unspecified atom stereocenters. The van der Waals surface area contributed by atoms with Crippen molar-refractivity contribution in [2.24, 2.45) is 16.9 Å². The molecule has 1 amide bonds. The first kappa shape index (κ1) is 13.1. The molecule has 1 saturated heterocycles. The van der Waals surface area contributed by atoms with E-state index < -0.39 is 0 Å². The number of anilines is 1. The second kappa shape index (κ2) is 4.71. The quantitative estimate of drug-likeness (QED) is 0.864. The van der Waals surface area contributed by atoms with Gasteiger partial charge in [0.05, 0.1) is 17.4 Å². The number of benzene rings is 1. The van der Waals surface area contributed by atoms with Crippen LogP contribution >= 0.6 is 11.6 Å². The molecule has 0 spiro atoms. The number of halogens is 1. The lowest BCUT2D eigenvalue weighted by atomic mass is 9.85. The molecule has 21 heavy (non-hydrogen) atoms. The van der Waals surface area contributed by atoms with E-state index in [0.29, 0.717) is 10.9 Å². The highest BCUT2D eigenvalue weighted by Gasteiger charge is 2.44. The fourth-order valence-electron chi connectivity index (χ4n) is 3.27. The molecule has 4 rings (SSSR count). The average Bonchev–Trinajstić information content (AvgIpc) is 2.79. The summed E-state index contributed by atoms with van der Waals surface area (Å²) in [5, 5.41) is 8.30.